The summed E-state index contributed by atoms with van der Waals surface area (Å²) in [4.78, 5) is 37.0. The van der Waals surface area contributed by atoms with Crippen molar-refractivity contribution in [2.75, 3.05) is 0 Å². The van der Waals surface area contributed by atoms with E-state index in [-0.39, 0.29) is 22.8 Å². The molecular weight excluding hydrogens is 378 g/mol. The van der Waals surface area contributed by atoms with E-state index in [0.29, 0.717) is 23.0 Å². The number of thiophene rings is 1. The number of aryl methyl sites for hydroxylation is 2. The van der Waals surface area contributed by atoms with Gasteiger partial charge in [0.1, 0.15) is 10.7 Å². The van der Waals surface area contributed by atoms with Gasteiger partial charge < -0.3 is 9.88 Å². The Hall–Kier alpha value is -1.34. The second kappa shape index (κ2) is 8.35. The SMILES string of the molecule is Cc1sc2nc(CSC(C)C(=O)N(C(C)C)C3CCCC3)[nH]c(=O)c2c1C. The molecule has 27 heavy (non-hydrogen) atoms. The highest BCUT2D eigenvalue weighted by Gasteiger charge is 2.31. The van der Waals surface area contributed by atoms with E-state index in [4.69, 9.17) is 0 Å². The third-order valence-corrected chi connectivity index (χ3v) is 7.68. The van der Waals surface area contributed by atoms with Crippen LogP contribution in [-0.2, 0) is 10.5 Å². The Morgan fingerprint density at radius 1 is 1.30 bits per heavy atom. The number of hydrogen-bond acceptors (Lipinski definition) is 5. The van der Waals surface area contributed by atoms with E-state index in [1.54, 1.807) is 23.1 Å². The Morgan fingerprint density at radius 3 is 2.59 bits per heavy atom. The molecule has 2 aromatic rings. The topological polar surface area (TPSA) is 66.1 Å². The molecule has 1 aliphatic carbocycles. The van der Waals surface area contributed by atoms with E-state index in [0.717, 1.165) is 28.1 Å². The molecule has 1 unspecified atom stereocenters. The predicted octanol–water partition coefficient (Wildman–Crippen LogP) is 4.40. The normalized spacial score (nSPS) is 16.4. The van der Waals surface area contributed by atoms with E-state index < -0.39 is 0 Å². The average molecular weight is 408 g/mol. The van der Waals surface area contributed by atoms with E-state index >= 15 is 0 Å². The van der Waals surface area contributed by atoms with Crippen molar-refractivity contribution in [1.29, 1.82) is 0 Å². The zero-order valence-corrected chi connectivity index (χ0v) is 18.4. The van der Waals surface area contributed by atoms with Crippen LogP contribution in [0.1, 0.15) is 62.7 Å². The lowest BCUT2D eigenvalue weighted by molar-refractivity contribution is -0.134. The molecule has 1 atom stereocenters. The molecule has 2 aromatic heterocycles. The number of carbonyl (C=O) groups excluding carboxylic acids is 1. The highest BCUT2D eigenvalue weighted by Crippen LogP contribution is 2.29. The lowest BCUT2D eigenvalue weighted by Crippen LogP contribution is -2.47. The van der Waals surface area contributed by atoms with Crippen molar-refractivity contribution in [2.45, 2.75) is 83.4 Å². The van der Waals surface area contributed by atoms with Crippen LogP contribution in [0.15, 0.2) is 4.79 Å². The molecule has 2 heterocycles. The molecule has 1 saturated carbocycles. The molecule has 7 heteroatoms. The van der Waals surface area contributed by atoms with Crippen LogP contribution in [0.4, 0.5) is 0 Å². The van der Waals surface area contributed by atoms with Crippen LogP contribution < -0.4 is 5.56 Å². The second-order valence-corrected chi connectivity index (χ2v) is 10.2. The number of hydrogen-bond donors (Lipinski definition) is 1. The monoisotopic (exact) mass is 407 g/mol. The van der Waals surface area contributed by atoms with Gasteiger partial charge in [-0.15, -0.1) is 23.1 Å². The Morgan fingerprint density at radius 2 is 1.96 bits per heavy atom. The minimum atomic E-state index is -0.152. The van der Waals surface area contributed by atoms with E-state index in [9.17, 15) is 9.59 Å². The average Bonchev–Trinajstić information content (AvgIpc) is 3.21. The van der Waals surface area contributed by atoms with Crippen molar-refractivity contribution in [1.82, 2.24) is 14.9 Å². The number of H-pyrrole nitrogens is 1. The molecule has 1 aliphatic rings. The van der Waals surface area contributed by atoms with Crippen molar-refractivity contribution >= 4 is 39.2 Å². The number of aromatic amines is 1. The van der Waals surface area contributed by atoms with E-state index in [1.807, 2.05) is 20.8 Å². The van der Waals surface area contributed by atoms with Crippen molar-refractivity contribution in [3.63, 3.8) is 0 Å². The van der Waals surface area contributed by atoms with Crippen LogP contribution in [0.3, 0.4) is 0 Å². The van der Waals surface area contributed by atoms with Gasteiger partial charge in [0.2, 0.25) is 5.91 Å². The second-order valence-electron chi connectivity index (χ2n) is 7.71. The maximum absolute atomic E-state index is 13.0. The molecule has 3 rings (SSSR count). The first kappa shape index (κ1) is 20.4. The first-order chi connectivity index (χ1) is 12.8. The van der Waals surface area contributed by atoms with Gasteiger partial charge >= 0.3 is 0 Å². The van der Waals surface area contributed by atoms with Crippen LogP contribution in [0, 0.1) is 13.8 Å². The van der Waals surface area contributed by atoms with Gasteiger partial charge in [0.15, 0.2) is 0 Å². The number of rotatable bonds is 6. The lowest BCUT2D eigenvalue weighted by Gasteiger charge is -2.34. The fourth-order valence-corrected chi connectivity index (χ4v) is 5.75. The van der Waals surface area contributed by atoms with Gasteiger partial charge in [0.25, 0.3) is 5.56 Å². The standard InChI is InChI=1S/C20H29N3O2S2/c1-11(2)23(15-8-6-7-9-15)20(25)14(5)26-10-16-21-18(24)17-12(3)13(4)27-19(17)22-16/h11,14-15H,6-10H2,1-5H3,(H,21,22,24). The van der Waals surface area contributed by atoms with Gasteiger partial charge in [-0.1, -0.05) is 12.8 Å². The summed E-state index contributed by atoms with van der Waals surface area (Å²) in [5.41, 5.74) is 0.932. The number of fused-ring (bicyclic) bond motifs is 1. The fourth-order valence-electron chi connectivity index (χ4n) is 3.89. The summed E-state index contributed by atoms with van der Waals surface area (Å²) < 4.78 is 0. The molecule has 5 nitrogen and oxygen atoms in total. The number of carbonyl (C=O) groups is 1. The van der Waals surface area contributed by atoms with Gasteiger partial charge in [-0.05, 0) is 53.0 Å². The van der Waals surface area contributed by atoms with Crippen LogP contribution >= 0.6 is 23.1 Å². The van der Waals surface area contributed by atoms with Gasteiger partial charge in [-0.3, -0.25) is 9.59 Å². The zero-order chi connectivity index (χ0) is 19.7. The Balaban J connectivity index is 1.71. The molecule has 0 saturated heterocycles. The van der Waals surface area contributed by atoms with Gasteiger partial charge in [0.05, 0.1) is 16.4 Å². The van der Waals surface area contributed by atoms with Gasteiger partial charge in [-0.2, -0.15) is 0 Å². The Bertz CT molecular complexity index is 881. The highest BCUT2D eigenvalue weighted by atomic mass is 32.2. The minimum absolute atomic E-state index is 0.0776. The summed E-state index contributed by atoms with van der Waals surface area (Å²) in [6, 6.07) is 0.599. The summed E-state index contributed by atoms with van der Waals surface area (Å²) in [6.45, 7) is 10.1. The third-order valence-electron chi connectivity index (χ3n) is 5.43. The zero-order valence-electron chi connectivity index (χ0n) is 16.8. The smallest absolute Gasteiger partial charge is 0.259 e. The number of aromatic nitrogens is 2. The van der Waals surface area contributed by atoms with Crippen molar-refractivity contribution < 1.29 is 4.79 Å². The molecular formula is C20H29N3O2S2. The molecule has 0 bridgehead atoms. The summed E-state index contributed by atoms with van der Waals surface area (Å²) in [6.07, 6.45) is 4.66. The van der Waals surface area contributed by atoms with E-state index in [1.165, 1.54) is 12.8 Å². The molecule has 148 valence electrons. The predicted molar refractivity (Wildman–Crippen MR) is 115 cm³/mol. The summed E-state index contributed by atoms with van der Waals surface area (Å²) in [5, 5.41) is 0.545. The van der Waals surface area contributed by atoms with Crippen molar-refractivity contribution in [2.24, 2.45) is 0 Å². The molecule has 1 N–H and O–H groups in total. The van der Waals surface area contributed by atoms with Gasteiger partial charge in [0, 0.05) is 17.0 Å². The number of nitrogens with one attached hydrogen (secondary N) is 1. The molecule has 0 spiro atoms. The quantitative estimate of drug-likeness (QED) is 0.771. The number of thioether (sulfide) groups is 1. The maximum atomic E-state index is 13.0. The number of nitrogens with zero attached hydrogens (tertiary/aromatic N) is 2. The van der Waals surface area contributed by atoms with Crippen LogP contribution in [0.25, 0.3) is 10.2 Å². The largest absolute Gasteiger partial charge is 0.336 e. The minimum Gasteiger partial charge on any atom is -0.336 e. The molecule has 0 aromatic carbocycles. The lowest BCUT2D eigenvalue weighted by atomic mass is 10.1. The molecule has 0 radical (unpaired) electrons. The maximum Gasteiger partial charge on any atom is 0.259 e. The van der Waals surface area contributed by atoms with Crippen molar-refractivity contribution in [3.05, 3.63) is 26.6 Å². The first-order valence-corrected chi connectivity index (χ1v) is 11.6. The third kappa shape index (κ3) is 4.24. The fraction of sp³-hybridized carbons (Fsp3) is 0.650. The number of amides is 1. The molecule has 1 amide bonds. The van der Waals surface area contributed by atoms with Gasteiger partial charge in [-0.25, -0.2) is 4.98 Å². The highest BCUT2D eigenvalue weighted by molar-refractivity contribution is 7.99. The Labute approximate surface area is 169 Å². The van der Waals surface area contributed by atoms with E-state index in [2.05, 4.69) is 28.7 Å². The molecule has 1 fully saturated rings. The van der Waals surface area contributed by atoms with Crippen molar-refractivity contribution in [3.8, 4) is 0 Å². The summed E-state index contributed by atoms with van der Waals surface area (Å²) in [7, 11) is 0. The van der Waals surface area contributed by atoms with Crippen LogP contribution in [-0.4, -0.2) is 38.1 Å². The molecule has 0 aliphatic heterocycles. The van der Waals surface area contributed by atoms with Crippen LogP contribution in [0.5, 0.6) is 0 Å². The first-order valence-electron chi connectivity index (χ1n) is 9.72. The van der Waals surface area contributed by atoms with Crippen LogP contribution in [0.2, 0.25) is 0 Å². The summed E-state index contributed by atoms with van der Waals surface area (Å²) in [5.74, 6) is 1.38. The summed E-state index contributed by atoms with van der Waals surface area (Å²) >= 11 is 3.11. The Kier molecular flexibility index (Phi) is 6.31.